The number of ether oxygens (including phenoxy) is 2. The number of thioether (sulfide) groups is 1. The lowest BCUT2D eigenvalue weighted by Gasteiger charge is -2.28. The highest BCUT2D eigenvalue weighted by molar-refractivity contribution is 7.99. The Morgan fingerprint density at radius 1 is 1.30 bits per heavy atom. The third kappa shape index (κ3) is 4.96. The summed E-state index contributed by atoms with van der Waals surface area (Å²) in [4.78, 5) is 6.49. The van der Waals surface area contributed by atoms with Crippen LogP contribution in [-0.2, 0) is 6.54 Å². The summed E-state index contributed by atoms with van der Waals surface area (Å²) in [5.74, 6) is 2.54. The average Bonchev–Trinajstić information content (AvgIpc) is 2.55. The van der Waals surface area contributed by atoms with Crippen LogP contribution in [0.15, 0.2) is 23.2 Å². The highest BCUT2D eigenvalue weighted by atomic mass is 32.2. The summed E-state index contributed by atoms with van der Waals surface area (Å²) in [5.41, 5.74) is 1.17. The normalized spacial score (nSPS) is 14.6. The second-order valence-corrected chi connectivity index (χ2v) is 7.71. The van der Waals surface area contributed by atoms with Gasteiger partial charge in [-0.15, -0.1) is 0 Å². The minimum absolute atomic E-state index is 0.174. The topological polar surface area (TPSA) is 46.1 Å². The lowest BCUT2D eigenvalue weighted by molar-refractivity contribution is 0.171. The first-order valence-corrected chi connectivity index (χ1v) is 9.03. The summed E-state index contributed by atoms with van der Waals surface area (Å²) in [6.07, 6.45) is 2.13. The Hall–Kier alpha value is -1.56. The van der Waals surface area contributed by atoms with E-state index in [2.05, 4.69) is 41.4 Å². The highest BCUT2D eigenvalue weighted by Crippen LogP contribution is 2.31. The Kier molecular flexibility index (Phi) is 6.04. The molecule has 0 aliphatic carbocycles. The molecule has 0 amide bonds. The molecule has 5 nitrogen and oxygen atoms in total. The van der Waals surface area contributed by atoms with E-state index in [4.69, 9.17) is 9.47 Å². The number of hydrogen-bond acceptors (Lipinski definition) is 4. The lowest BCUT2D eigenvalue weighted by Crippen LogP contribution is -2.43. The maximum absolute atomic E-state index is 5.65. The highest BCUT2D eigenvalue weighted by Gasteiger charge is 2.18. The van der Waals surface area contributed by atoms with Crippen molar-refractivity contribution in [3.8, 4) is 11.5 Å². The molecular weight excluding hydrogens is 310 g/mol. The SMILES string of the molecule is CN=C(NCC(C)(C)SC)N(C)Cc1ccc2c(c1)OCCO2. The Balaban J connectivity index is 1.98. The summed E-state index contributed by atoms with van der Waals surface area (Å²) < 4.78 is 11.4. The molecule has 128 valence electrons. The monoisotopic (exact) mass is 337 g/mol. The van der Waals surface area contributed by atoms with Crippen LogP contribution in [0.4, 0.5) is 0 Å². The van der Waals surface area contributed by atoms with E-state index in [9.17, 15) is 0 Å². The summed E-state index contributed by atoms with van der Waals surface area (Å²) in [6.45, 7) is 7.30. The van der Waals surface area contributed by atoms with Gasteiger partial charge in [-0.25, -0.2) is 0 Å². The Morgan fingerprint density at radius 3 is 2.65 bits per heavy atom. The minimum atomic E-state index is 0.174. The maximum Gasteiger partial charge on any atom is 0.193 e. The molecule has 1 aromatic carbocycles. The van der Waals surface area contributed by atoms with Gasteiger partial charge in [0.05, 0.1) is 0 Å². The first kappa shape index (κ1) is 17.8. The Bertz CT molecular complexity index is 561. The summed E-state index contributed by atoms with van der Waals surface area (Å²) in [7, 11) is 3.85. The first-order valence-electron chi connectivity index (χ1n) is 7.80. The van der Waals surface area contributed by atoms with Crippen molar-refractivity contribution in [3.63, 3.8) is 0 Å². The van der Waals surface area contributed by atoms with Crippen molar-refractivity contribution in [2.24, 2.45) is 4.99 Å². The fourth-order valence-corrected chi connectivity index (χ4v) is 2.50. The smallest absolute Gasteiger partial charge is 0.193 e. The van der Waals surface area contributed by atoms with Gasteiger partial charge in [-0.2, -0.15) is 11.8 Å². The molecule has 2 rings (SSSR count). The zero-order valence-corrected chi connectivity index (χ0v) is 15.5. The summed E-state index contributed by atoms with van der Waals surface area (Å²) in [5, 5.41) is 3.44. The van der Waals surface area contributed by atoms with Gasteiger partial charge in [0.15, 0.2) is 17.5 Å². The van der Waals surface area contributed by atoms with E-state index in [-0.39, 0.29) is 4.75 Å². The van der Waals surface area contributed by atoms with E-state index >= 15 is 0 Å². The third-order valence-electron chi connectivity index (χ3n) is 3.82. The fourth-order valence-electron chi connectivity index (χ4n) is 2.28. The van der Waals surface area contributed by atoms with Crippen LogP contribution in [0.1, 0.15) is 19.4 Å². The van der Waals surface area contributed by atoms with Crippen LogP contribution >= 0.6 is 11.8 Å². The van der Waals surface area contributed by atoms with E-state index in [1.54, 1.807) is 0 Å². The van der Waals surface area contributed by atoms with Crippen LogP contribution in [0.5, 0.6) is 11.5 Å². The molecule has 1 N–H and O–H groups in total. The van der Waals surface area contributed by atoms with Crippen LogP contribution in [-0.4, -0.2) is 55.7 Å². The van der Waals surface area contributed by atoms with Crippen LogP contribution in [0.3, 0.4) is 0 Å². The molecule has 0 spiro atoms. The zero-order valence-electron chi connectivity index (χ0n) is 14.7. The van der Waals surface area contributed by atoms with Crippen LogP contribution < -0.4 is 14.8 Å². The standard InChI is InChI=1S/C17H27N3O2S/c1-17(2,23-5)12-19-16(18-3)20(4)11-13-6-7-14-15(10-13)22-9-8-21-14/h6-7,10H,8-9,11-12H2,1-5H3,(H,18,19). The Labute approximate surface area is 143 Å². The van der Waals surface area contributed by atoms with Gasteiger partial charge >= 0.3 is 0 Å². The first-order chi connectivity index (χ1) is 10.9. The lowest BCUT2D eigenvalue weighted by atomic mass is 10.2. The summed E-state index contributed by atoms with van der Waals surface area (Å²) >= 11 is 1.84. The number of rotatable bonds is 5. The molecule has 0 aromatic heterocycles. The van der Waals surface area contributed by atoms with Gasteiger partial charge in [-0.3, -0.25) is 4.99 Å². The van der Waals surface area contributed by atoms with E-state index < -0.39 is 0 Å². The molecule has 0 radical (unpaired) electrons. The van der Waals surface area contributed by atoms with Crippen molar-refractivity contribution in [3.05, 3.63) is 23.8 Å². The number of hydrogen-bond donors (Lipinski definition) is 1. The van der Waals surface area contributed by atoms with Crippen molar-refractivity contribution < 1.29 is 9.47 Å². The quantitative estimate of drug-likeness (QED) is 0.661. The number of guanidine groups is 1. The molecule has 1 aliphatic rings. The van der Waals surface area contributed by atoms with Crippen LogP contribution in [0, 0.1) is 0 Å². The van der Waals surface area contributed by atoms with Crippen molar-refractivity contribution in [1.29, 1.82) is 0 Å². The van der Waals surface area contributed by atoms with Gasteiger partial charge in [0.25, 0.3) is 0 Å². The summed E-state index contributed by atoms with van der Waals surface area (Å²) in [6, 6.07) is 6.10. The molecule has 6 heteroatoms. The Morgan fingerprint density at radius 2 is 2.00 bits per heavy atom. The van der Waals surface area contributed by atoms with Gasteiger partial charge in [-0.1, -0.05) is 6.07 Å². The maximum atomic E-state index is 5.65. The van der Waals surface area contributed by atoms with Crippen molar-refractivity contribution in [2.45, 2.75) is 25.1 Å². The van der Waals surface area contributed by atoms with Gasteiger partial charge in [0, 0.05) is 31.9 Å². The van der Waals surface area contributed by atoms with E-state index in [0.717, 1.165) is 30.5 Å². The van der Waals surface area contributed by atoms with Gasteiger partial charge in [-0.05, 0) is 37.8 Å². The molecule has 0 unspecified atom stereocenters. The molecule has 0 saturated heterocycles. The zero-order chi connectivity index (χ0) is 16.9. The molecule has 0 atom stereocenters. The van der Waals surface area contributed by atoms with Crippen molar-refractivity contribution >= 4 is 17.7 Å². The second kappa shape index (κ2) is 7.81. The van der Waals surface area contributed by atoms with Gasteiger partial charge in [0.2, 0.25) is 0 Å². The fraction of sp³-hybridized carbons (Fsp3) is 0.588. The molecule has 0 bridgehead atoms. The number of nitrogens with one attached hydrogen (secondary N) is 1. The molecule has 1 heterocycles. The number of nitrogens with zero attached hydrogens (tertiary/aromatic N) is 2. The molecule has 0 saturated carbocycles. The minimum Gasteiger partial charge on any atom is -0.486 e. The van der Waals surface area contributed by atoms with Crippen LogP contribution in [0.2, 0.25) is 0 Å². The second-order valence-electron chi connectivity index (χ2n) is 6.20. The molecule has 1 aromatic rings. The van der Waals surface area contributed by atoms with E-state index in [1.807, 2.05) is 38.0 Å². The molecule has 0 fully saturated rings. The van der Waals surface area contributed by atoms with E-state index in [0.29, 0.717) is 13.2 Å². The van der Waals surface area contributed by atoms with Crippen molar-refractivity contribution in [1.82, 2.24) is 10.2 Å². The van der Waals surface area contributed by atoms with Gasteiger partial charge < -0.3 is 19.7 Å². The largest absolute Gasteiger partial charge is 0.486 e. The third-order valence-corrected chi connectivity index (χ3v) is 5.07. The molecule has 1 aliphatic heterocycles. The van der Waals surface area contributed by atoms with Crippen LogP contribution in [0.25, 0.3) is 0 Å². The van der Waals surface area contributed by atoms with E-state index in [1.165, 1.54) is 5.56 Å². The number of fused-ring (bicyclic) bond motifs is 1. The molecular formula is C17H27N3O2S. The number of aliphatic imine (C=N–C) groups is 1. The predicted octanol–water partition coefficient (Wildman–Crippen LogP) is 2.61. The van der Waals surface area contributed by atoms with Gasteiger partial charge in [0.1, 0.15) is 13.2 Å². The number of benzene rings is 1. The average molecular weight is 337 g/mol. The predicted molar refractivity (Wildman–Crippen MR) is 97.9 cm³/mol. The molecule has 23 heavy (non-hydrogen) atoms. The van der Waals surface area contributed by atoms with Crippen molar-refractivity contribution in [2.75, 3.05) is 40.1 Å².